The quantitative estimate of drug-likeness (QED) is 0.547. The van der Waals surface area contributed by atoms with Crippen LogP contribution in [-0.2, 0) is 14.1 Å². The van der Waals surface area contributed by atoms with Crippen molar-refractivity contribution in [1.82, 2.24) is 9.13 Å². The molecule has 112 valence electrons. The summed E-state index contributed by atoms with van der Waals surface area (Å²) in [6, 6.07) is 14.9. The lowest BCUT2D eigenvalue weighted by atomic mass is 9.91. The number of aromatic nitrogens is 2. The van der Waals surface area contributed by atoms with Crippen molar-refractivity contribution in [3.05, 3.63) is 88.0 Å². The maximum atomic E-state index is 11.4. The van der Waals surface area contributed by atoms with Crippen molar-refractivity contribution >= 4 is 5.69 Å². The van der Waals surface area contributed by atoms with Crippen LogP contribution in [0.15, 0.2) is 60.9 Å². The van der Waals surface area contributed by atoms with Crippen molar-refractivity contribution in [2.45, 2.75) is 5.92 Å². The molecule has 0 unspecified atom stereocenters. The molecule has 0 aliphatic rings. The molecule has 0 bridgehead atoms. The molecule has 0 aliphatic heterocycles. The zero-order valence-corrected chi connectivity index (χ0v) is 12.5. The lowest BCUT2D eigenvalue weighted by Crippen LogP contribution is -2.13. The highest BCUT2D eigenvalue weighted by Gasteiger charge is 2.27. The Morgan fingerprint density at radius 3 is 1.91 bits per heavy atom. The molecule has 0 N–H and O–H groups in total. The molecule has 0 fully saturated rings. The van der Waals surface area contributed by atoms with Gasteiger partial charge in [-0.25, -0.2) is 0 Å². The van der Waals surface area contributed by atoms with Crippen molar-refractivity contribution in [3.63, 3.8) is 0 Å². The number of rotatable bonds is 4. The van der Waals surface area contributed by atoms with E-state index in [1.807, 2.05) is 72.0 Å². The summed E-state index contributed by atoms with van der Waals surface area (Å²) >= 11 is 0. The zero-order valence-electron chi connectivity index (χ0n) is 12.5. The maximum Gasteiger partial charge on any atom is 0.273 e. The van der Waals surface area contributed by atoms with E-state index in [-0.39, 0.29) is 16.5 Å². The number of benzene rings is 1. The summed E-state index contributed by atoms with van der Waals surface area (Å²) in [6.07, 6.45) is 3.92. The third kappa shape index (κ3) is 2.30. The molecule has 0 amide bonds. The Morgan fingerprint density at radius 1 is 0.909 bits per heavy atom. The molecule has 0 atom stereocenters. The highest BCUT2D eigenvalue weighted by molar-refractivity contribution is 5.50. The van der Waals surface area contributed by atoms with Gasteiger partial charge in [0.25, 0.3) is 5.69 Å². The van der Waals surface area contributed by atoms with Crippen molar-refractivity contribution in [2.24, 2.45) is 14.1 Å². The van der Waals surface area contributed by atoms with Crippen molar-refractivity contribution in [2.75, 3.05) is 0 Å². The Bertz CT molecular complexity index is 776. The molecule has 2 aromatic heterocycles. The first-order valence-corrected chi connectivity index (χ1v) is 7.05. The second-order valence-corrected chi connectivity index (χ2v) is 5.34. The van der Waals surface area contributed by atoms with Crippen LogP contribution in [0, 0.1) is 10.1 Å². The minimum atomic E-state index is -0.311. The van der Waals surface area contributed by atoms with E-state index in [2.05, 4.69) is 0 Å². The summed E-state index contributed by atoms with van der Waals surface area (Å²) in [6.45, 7) is 0. The molecule has 5 nitrogen and oxygen atoms in total. The Labute approximate surface area is 128 Å². The number of para-hydroxylation sites is 1. The van der Waals surface area contributed by atoms with Gasteiger partial charge in [-0.3, -0.25) is 10.1 Å². The molecule has 0 spiro atoms. The summed E-state index contributed by atoms with van der Waals surface area (Å²) in [7, 11) is 3.92. The van der Waals surface area contributed by atoms with Crippen LogP contribution in [-0.4, -0.2) is 14.1 Å². The van der Waals surface area contributed by atoms with Gasteiger partial charge in [-0.1, -0.05) is 18.2 Å². The van der Waals surface area contributed by atoms with E-state index < -0.39 is 0 Å². The number of hydrogen-bond donors (Lipinski definition) is 0. The minimum absolute atomic E-state index is 0.148. The number of nitrogens with zero attached hydrogens (tertiary/aromatic N) is 3. The minimum Gasteiger partial charge on any atom is -0.354 e. The summed E-state index contributed by atoms with van der Waals surface area (Å²) in [5.41, 5.74) is 2.90. The predicted octanol–water partition coefficient (Wildman–Crippen LogP) is 3.45. The Balaban J connectivity index is 2.26. The molecule has 22 heavy (non-hydrogen) atoms. The van der Waals surface area contributed by atoms with E-state index in [4.69, 9.17) is 0 Å². The fourth-order valence-corrected chi connectivity index (χ4v) is 2.92. The topological polar surface area (TPSA) is 53.0 Å². The van der Waals surface area contributed by atoms with Gasteiger partial charge in [0.05, 0.1) is 10.8 Å². The number of nitro benzene ring substituents is 1. The fraction of sp³-hybridized carbons (Fsp3) is 0.176. The molecule has 3 aromatic rings. The first-order valence-electron chi connectivity index (χ1n) is 7.05. The summed E-state index contributed by atoms with van der Waals surface area (Å²) in [4.78, 5) is 11.1. The second kappa shape index (κ2) is 5.52. The normalized spacial score (nSPS) is 11.0. The lowest BCUT2D eigenvalue weighted by molar-refractivity contribution is -0.385. The van der Waals surface area contributed by atoms with Crippen molar-refractivity contribution in [1.29, 1.82) is 0 Å². The van der Waals surface area contributed by atoms with Gasteiger partial charge in [-0.15, -0.1) is 0 Å². The van der Waals surface area contributed by atoms with Crippen LogP contribution in [0.4, 0.5) is 5.69 Å². The first kappa shape index (κ1) is 14.1. The van der Waals surface area contributed by atoms with Crippen LogP contribution in [0.5, 0.6) is 0 Å². The molecule has 0 saturated carbocycles. The molecule has 0 radical (unpaired) electrons. The molecule has 0 aliphatic carbocycles. The molecule has 1 aromatic carbocycles. The smallest absolute Gasteiger partial charge is 0.273 e. The fourth-order valence-electron chi connectivity index (χ4n) is 2.92. The SMILES string of the molecule is Cn1cccc1C(c1ccccc1[N+](=O)[O-])c1cccn1C. The van der Waals surface area contributed by atoms with E-state index in [1.165, 1.54) is 0 Å². The number of hydrogen-bond acceptors (Lipinski definition) is 2. The average molecular weight is 295 g/mol. The van der Waals surface area contributed by atoms with Crippen LogP contribution in [0.3, 0.4) is 0 Å². The third-order valence-corrected chi connectivity index (χ3v) is 4.00. The summed E-state index contributed by atoms with van der Waals surface area (Å²) in [5, 5.41) is 11.4. The van der Waals surface area contributed by atoms with E-state index in [0.717, 1.165) is 11.4 Å². The third-order valence-electron chi connectivity index (χ3n) is 4.00. The molecule has 0 saturated heterocycles. The van der Waals surface area contributed by atoms with Gasteiger partial charge >= 0.3 is 0 Å². The number of aryl methyl sites for hydroxylation is 2. The second-order valence-electron chi connectivity index (χ2n) is 5.34. The van der Waals surface area contributed by atoms with Crippen LogP contribution in [0.25, 0.3) is 0 Å². The van der Waals surface area contributed by atoms with Crippen LogP contribution in [0.1, 0.15) is 22.9 Å². The lowest BCUT2D eigenvalue weighted by Gasteiger charge is -2.20. The molecular weight excluding hydrogens is 278 g/mol. The summed E-state index contributed by atoms with van der Waals surface area (Å²) < 4.78 is 4.02. The van der Waals surface area contributed by atoms with E-state index in [0.29, 0.717) is 5.56 Å². The van der Waals surface area contributed by atoms with Crippen molar-refractivity contribution < 1.29 is 4.92 Å². The molecule has 3 rings (SSSR count). The average Bonchev–Trinajstić information content (AvgIpc) is 3.10. The maximum absolute atomic E-state index is 11.4. The van der Waals surface area contributed by atoms with Crippen LogP contribution >= 0.6 is 0 Å². The van der Waals surface area contributed by atoms with E-state index >= 15 is 0 Å². The Kier molecular flexibility index (Phi) is 3.55. The van der Waals surface area contributed by atoms with Gasteiger partial charge in [0.1, 0.15) is 0 Å². The van der Waals surface area contributed by atoms with Gasteiger partial charge < -0.3 is 9.13 Å². The number of nitro groups is 1. The van der Waals surface area contributed by atoms with Gasteiger partial charge in [-0.2, -0.15) is 0 Å². The monoisotopic (exact) mass is 295 g/mol. The Hall–Kier alpha value is -2.82. The standard InChI is InChI=1S/C17H17N3O2/c1-18-11-5-9-15(18)17(16-10-6-12-19(16)2)13-7-3-4-8-14(13)20(21)22/h3-12,17H,1-2H3. The van der Waals surface area contributed by atoms with Crippen LogP contribution < -0.4 is 0 Å². The highest BCUT2D eigenvalue weighted by atomic mass is 16.6. The van der Waals surface area contributed by atoms with Gasteiger partial charge in [0, 0.05) is 49.5 Å². The van der Waals surface area contributed by atoms with Gasteiger partial charge in [0.2, 0.25) is 0 Å². The molecule has 5 heteroatoms. The zero-order chi connectivity index (χ0) is 15.7. The van der Waals surface area contributed by atoms with Crippen molar-refractivity contribution in [3.8, 4) is 0 Å². The van der Waals surface area contributed by atoms with E-state index in [9.17, 15) is 10.1 Å². The first-order chi connectivity index (χ1) is 10.6. The largest absolute Gasteiger partial charge is 0.354 e. The predicted molar refractivity (Wildman–Crippen MR) is 84.9 cm³/mol. The Morgan fingerprint density at radius 2 is 1.45 bits per heavy atom. The van der Waals surface area contributed by atoms with Gasteiger partial charge in [-0.05, 0) is 24.3 Å². The molecular formula is C17H17N3O2. The van der Waals surface area contributed by atoms with E-state index in [1.54, 1.807) is 12.1 Å². The summed E-state index contributed by atoms with van der Waals surface area (Å²) in [5.74, 6) is -0.179. The molecule has 2 heterocycles. The van der Waals surface area contributed by atoms with Gasteiger partial charge in [0.15, 0.2) is 0 Å². The highest BCUT2D eigenvalue weighted by Crippen LogP contribution is 2.36. The van der Waals surface area contributed by atoms with Crippen LogP contribution in [0.2, 0.25) is 0 Å².